The van der Waals surface area contributed by atoms with Crippen LogP contribution in [0.1, 0.15) is 10.4 Å². The number of carbonyl (C=O) groups excluding carboxylic acids is 2. The van der Waals surface area contributed by atoms with Gasteiger partial charge >= 0.3 is 12.1 Å². The van der Waals surface area contributed by atoms with Crippen molar-refractivity contribution >= 4 is 45.0 Å². The summed E-state index contributed by atoms with van der Waals surface area (Å²) in [5.74, 6) is -1.35. The van der Waals surface area contributed by atoms with Crippen molar-refractivity contribution in [3.63, 3.8) is 0 Å². The van der Waals surface area contributed by atoms with Gasteiger partial charge in [-0.15, -0.1) is 30.3 Å². The number of esters is 1. The number of hydrogen-bond acceptors (Lipinski definition) is 17. The molecular weight excluding hydrogens is 626 g/mol. The fourth-order valence-electron chi connectivity index (χ4n) is 3.11. The van der Waals surface area contributed by atoms with Crippen molar-refractivity contribution in [3.8, 4) is 21.9 Å². The van der Waals surface area contributed by atoms with E-state index in [0.29, 0.717) is 0 Å². The van der Waals surface area contributed by atoms with Crippen LogP contribution >= 0.6 is 32.9 Å². The van der Waals surface area contributed by atoms with E-state index in [1.807, 2.05) is 6.07 Å². The summed E-state index contributed by atoms with van der Waals surface area (Å²) in [7, 11) is 2.94. The van der Waals surface area contributed by atoms with Crippen molar-refractivity contribution in [1.82, 2.24) is 0 Å². The predicted molar refractivity (Wildman–Crippen MR) is 143 cm³/mol. The minimum atomic E-state index is -2.07. The van der Waals surface area contributed by atoms with Gasteiger partial charge in [0.15, 0.2) is 0 Å². The first-order chi connectivity index (χ1) is 20.0. The Morgan fingerprint density at radius 2 is 1.36 bits per heavy atom. The third kappa shape index (κ3) is 9.60. The molecule has 42 heavy (non-hydrogen) atoms. The van der Waals surface area contributed by atoms with Crippen molar-refractivity contribution in [3.05, 3.63) is 94.3 Å². The summed E-state index contributed by atoms with van der Waals surface area (Å²) < 4.78 is 16.1. The van der Waals surface area contributed by atoms with Crippen molar-refractivity contribution in [2.24, 2.45) is 5.41 Å². The quantitative estimate of drug-likeness (QED) is 0.0553. The number of hydrogen-bond donors (Lipinski definition) is 0. The minimum absolute atomic E-state index is 0.134. The molecular formula is C22H17N3O14S3. The van der Waals surface area contributed by atoms with Crippen LogP contribution in [0.15, 0.2) is 54.6 Å². The van der Waals surface area contributed by atoms with Gasteiger partial charge in [-0.2, -0.15) is 0 Å². The molecule has 0 aliphatic heterocycles. The third-order valence-corrected chi connectivity index (χ3v) is 7.95. The van der Waals surface area contributed by atoms with Crippen LogP contribution in [0, 0.1) is 39.6 Å². The lowest BCUT2D eigenvalue weighted by molar-refractivity contribution is -0.782. The Labute approximate surface area is 246 Å². The van der Waals surface area contributed by atoms with Crippen LogP contribution in [0.3, 0.4) is 0 Å². The van der Waals surface area contributed by atoms with E-state index in [4.69, 9.17) is 26.4 Å². The fourth-order valence-corrected chi connectivity index (χ4v) is 5.51. The molecule has 0 aliphatic carbocycles. The van der Waals surface area contributed by atoms with E-state index in [1.165, 1.54) is 57.1 Å². The average molecular weight is 644 g/mol. The predicted octanol–water partition coefficient (Wildman–Crippen LogP) is 4.55. The van der Waals surface area contributed by atoms with Crippen LogP contribution in [0.4, 0.5) is 4.79 Å². The Morgan fingerprint density at radius 1 is 0.786 bits per heavy atom. The number of carbonyl (C=O) groups is 2. The maximum absolute atomic E-state index is 12.9. The number of rotatable bonds is 15. The maximum Gasteiger partial charge on any atom is 0.519 e. The van der Waals surface area contributed by atoms with Crippen LogP contribution in [0.5, 0.6) is 11.5 Å². The minimum Gasteiger partial charge on any atom is -0.461 e. The molecule has 0 unspecified atom stereocenters. The molecule has 0 fully saturated rings. The monoisotopic (exact) mass is 643 g/mol. The Kier molecular flexibility index (Phi) is 11.0. The molecule has 0 saturated carbocycles. The molecule has 0 atom stereocenters. The van der Waals surface area contributed by atoms with E-state index in [1.54, 1.807) is 12.1 Å². The summed E-state index contributed by atoms with van der Waals surface area (Å²) in [4.78, 5) is 71.0. The highest BCUT2D eigenvalue weighted by Crippen LogP contribution is 2.31. The lowest BCUT2D eigenvalue weighted by Gasteiger charge is -2.29. The lowest BCUT2D eigenvalue weighted by Crippen LogP contribution is -2.44. The van der Waals surface area contributed by atoms with E-state index in [2.05, 4.69) is 14.5 Å². The van der Waals surface area contributed by atoms with E-state index >= 15 is 0 Å². The summed E-state index contributed by atoms with van der Waals surface area (Å²) in [6.07, 6.45) is -1.21. The topological polar surface area (TPSA) is 219 Å². The van der Waals surface area contributed by atoms with Crippen LogP contribution in [-0.2, 0) is 19.2 Å². The van der Waals surface area contributed by atoms with Gasteiger partial charge in [0.25, 0.3) is 15.3 Å². The molecule has 17 nitrogen and oxygen atoms in total. The molecule has 1 heterocycles. The smallest absolute Gasteiger partial charge is 0.461 e. The number of ether oxygens (including phenoxy) is 3. The van der Waals surface area contributed by atoms with Crippen molar-refractivity contribution in [2.45, 2.75) is 0 Å². The summed E-state index contributed by atoms with van der Waals surface area (Å²) in [5, 5.41) is 28.3. The lowest BCUT2D eigenvalue weighted by atomic mass is 9.92. The second-order valence-electron chi connectivity index (χ2n) is 8.04. The third-order valence-electron chi connectivity index (χ3n) is 5.04. The SMILES string of the molecule is O=C(Oc1ccc(-c2cc(=S)ss2)cc1)Oc1ccccc1C(=O)OCC(CO[N+](=O)[O-])(CO[N+](=O)[O-])CO[N+](=O)[O-]. The van der Waals surface area contributed by atoms with Crippen LogP contribution in [-0.4, -0.2) is 53.8 Å². The summed E-state index contributed by atoms with van der Waals surface area (Å²) in [6.45, 7) is -4.07. The summed E-state index contributed by atoms with van der Waals surface area (Å²) in [5.41, 5.74) is -1.54. The average Bonchev–Trinajstić information content (AvgIpc) is 3.38. The van der Waals surface area contributed by atoms with Gasteiger partial charge in [-0.25, -0.2) is 9.59 Å². The molecule has 0 aliphatic rings. The summed E-state index contributed by atoms with van der Waals surface area (Å²) >= 11 is 5.12. The zero-order valence-electron chi connectivity index (χ0n) is 20.8. The van der Waals surface area contributed by atoms with Crippen molar-refractivity contribution in [2.75, 3.05) is 26.4 Å². The first-order valence-corrected chi connectivity index (χ1v) is 13.7. The molecule has 0 bridgehead atoms. The van der Waals surface area contributed by atoms with E-state index < -0.39 is 59.2 Å². The second-order valence-corrected chi connectivity index (χ2v) is 10.9. The van der Waals surface area contributed by atoms with Gasteiger partial charge < -0.3 is 28.7 Å². The molecule has 0 N–H and O–H groups in total. The van der Waals surface area contributed by atoms with Crippen molar-refractivity contribution in [1.29, 1.82) is 0 Å². The van der Waals surface area contributed by atoms with E-state index in [0.717, 1.165) is 14.3 Å². The first kappa shape index (κ1) is 31.6. The second kappa shape index (κ2) is 14.6. The molecule has 3 aromatic rings. The number of benzene rings is 2. The zero-order valence-corrected chi connectivity index (χ0v) is 23.3. The highest BCUT2D eigenvalue weighted by Gasteiger charge is 2.37. The van der Waals surface area contributed by atoms with Crippen LogP contribution in [0.2, 0.25) is 0 Å². The van der Waals surface area contributed by atoms with Gasteiger partial charge in [-0.1, -0.05) is 45.0 Å². The van der Waals surface area contributed by atoms with Gasteiger partial charge in [0.2, 0.25) is 0 Å². The summed E-state index contributed by atoms with van der Waals surface area (Å²) in [6, 6.07) is 13.6. The first-order valence-electron chi connectivity index (χ1n) is 11.1. The highest BCUT2D eigenvalue weighted by atomic mass is 32.9. The molecule has 0 saturated heterocycles. The Hall–Kier alpha value is -4.95. The standard InChI is InChI=1S/C22H17N3O14S3/c26-20(34-10-22(11-35-23(28)29,12-36-24(30)31)13-37-25(32)33)16-3-1-2-4-17(16)39-21(27)38-15-7-5-14(6-8-15)18-9-19(40)42-41-18/h1-9H,10-13H2. The Bertz CT molecular complexity index is 1460. The van der Waals surface area contributed by atoms with Crippen LogP contribution in [0.25, 0.3) is 10.4 Å². The van der Waals surface area contributed by atoms with Gasteiger partial charge in [0.05, 0.1) is 5.41 Å². The van der Waals surface area contributed by atoms with Gasteiger partial charge in [0, 0.05) is 4.88 Å². The van der Waals surface area contributed by atoms with Crippen LogP contribution < -0.4 is 9.47 Å². The molecule has 0 spiro atoms. The van der Waals surface area contributed by atoms with Gasteiger partial charge in [-0.3, -0.25) is 0 Å². The number of para-hydroxylation sites is 1. The normalized spacial score (nSPS) is 10.7. The largest absolute Gasteiger partial charge is 0.519 e. The molecule has 1 aromatic heterocycles. The molecule has 2 aromatic carbocycles. The van der Waals surface area contributed by atoms with Gasteiger partial charge in [0.1, 0.15) is 47.3 Å². The number of nitrogens with zero attached hydrogens (tertiary/aromatic N) is 3. The highest BCUT2D eigenvalue weighted by molar-refractivity contribution is 7.80. The maximum atomic E-state index is 12.9. The van der Waals surface area contributed by atoms with Gasteiger partial charge in [-0.05, 0) is 48.0 Å². The molecule has 20 heteroatoms. The fraction of sp³-hybridized carbons (Fsp3) is 0.227. The molecule has 0 radical (unpaired) electrons. The molecule has 0 amide bonds. The Balaban J connectivity index is 1.70. The van der Waals surface area contributed by atoms with E-state index in [9.17, 15) is 39.9 Å². The van der Waals surface area contributed by atoms with Crippen molar-refractivity contribution < 1.29 is 53.6 Å². The Morgan fingerprint density at radius 3 is 1.88 bits per heavy atom. The molecule has 222 valence electrons. The zero-order chi connectivity index (χ0) is 30.7. The van der Waals surface area contributed by atoms with E-state index in [-0.39, 0.29) is 17.1 Å². The molecule has 3 rings (SSSR count).